The summed E-state index contributed by atoms with van der Waals surface area (Å²) in [6, 6.07) is 0. The van der Waals surface area contributed by atoms with Gasteiger partial charge in [-0.3, -0.25) is 4.74 Å². The Morgan fingerprint density at radius 1 is 0.611 bits per heavy atom. The van der Waals surface area contributed by atoms with Gasteiger partial charge in [0, 0.05) is 0 Å². The minimum atomic E-state index is -5.00. The first kappa shape index (κ1) is 20.0. The average Bonchev–Trinajstić information content (AvgIpc) is 1.95. The van der Waals surface area contributed by atoms with Gasteiger partial charge in [-0.2, -0.15) is 17.6 Å². The Morgan fingerprint density at radius 3 is 1.11 bits per heavy atom. The highest BCUT2D eigenvalue weighted by Crippen LogP contribution is 2.57. The lowest BCUT2D eigenvalue weighted by molar-refractivity contribution is -0.296. The Kier molecular flexibility index (Phi) is 6.28. The van der Waals surface area contributed by atoms with Gasteiger partial charge in [0.1, 0.15) is 0 Å². The molecule has 0 aliphatic carbocycles. The second-order valence-electron chi connectivity index (χ2n) is 2.71. The third-order valence-electron chi connectivity index (χ3n) is 1.33. The van der Waals surface area contributed by atoms with E-state index in [-0.39, 0.29) is 0 Å². The van der Waals surface area contributed by atoms with E-state index < -0.39 is 24.1 Å². The monoisotopic (exact) mass is 432 g/mol. The molecule has 0 N–H and O–H groups in total. The zero-order chi connectivity index (χ0) is 15.2. The summed E-state index contributed by atoms with van der Waals surface area (Å²) in [6.07, 6.45) is 0. The Balaban J connectivity index is 5.58. The van der Waals surface area contributed by atoms with Crippen LogP contribution in [0.25, 0.3) is 0 Å². The minimum absolute atomic E-state index is 3.18. The van der Waals surface area contributed by atoms with Gasteiger partial charge < -0.3 is 0 Å². The van der Waals surface area contributed by atoms with Crippen LogP contribution in [-0.2, 0) is 4.74 Å². The van der Waals surface area contributed by atoms with Crippen molar-refractivity contribution < 1.29 is 22.3 Å². The smallest absolute Gasteiger partial charge is 0.283 e. The molecule has 0 amide bonds. The van der Waals surface area contributed by atoms with E-state index in [0.29, 0.717) is 0 Å². The minimum Gasteiger partial charge on any atom is -0.283 e. The van der Waals surface area contributed by atoms with Gasteiger partial charge >= 0.3 is 16.6 Å². The molecule has 1 nitrogen and oxygen atoms in total. The van der Waals surface area contributed by atoms with E-state index in [9.17, 15) is 17.6 Å². The summed E-state index contributed by atoms with van der Waals surface area (Å²) in [7, 11) is 0. The third kappa shape index (κ3) is 4.25. The highest BCUT2D eigenvalue weighted by atomic mass is 35.6. The molecule has 0 aromatic rings. The van der Waals surface area contributed by atoms with Crippen LogP contribution in [0.3, 0.4) is 0 Å². The van der Waals surface area contributed by atoms with Crippen molar-refractivity contribution in [3.8, 4) is 0 Å². The molecule has 0 saturated carbocycles. The summed E-state index contributed by atoms with van der Waals surface area (Å²) in [4.78, 5) is 0. The zero-order valence-corrected chi connectivity index (χ0v) is 13.5. The van der Waals surface area contributed by atoms with E-state index in [4.69, 9.17) is 81.2 Å². The van der Waals surface area contributed by atoms with Crippen molar-refractivity contribution in [3.05, 3.63) is 0 Å². The summed E-state index contributed by atoms with van der Waals surface area (Å²) in [5, 5.41) is -9.09. The van der Waals surface area contributed by atoms with Crippen molar-refractivity contribution in [3.63, 3.8) is 0 Å². The highest BCUT2D eigenvalue weighted by Gasteiger charge is 2.72. The molecule has 0 aromatic heterocycles. The van der Waals surface area contributed by atoms with E-state index in [1.165, 1.54) is 0 Å². The molecule has 0 radical (unpaired) electrons. The van der Waals surface area contributed by atoms with E-state index in [0.717, 1.165) is 0 Å². The van der Waals surface area contributed by atoms with Gasteiger partial charge in [-0.15, -0.1) is 0 Å². The first-order valence-corrected chi connectivity index (χ1v) is 6.45. The summed E-state index contributed by atoms with van der Waals surface area (Å²) in [6.45, 7) is 0. The number of ether oxygens (including phenoxy) is 1. The van der Waals surface area contributed by atoms with Crippen LogP contribution in [0, 0.1) is 0 Å². The van der Waals surface area contributed by atoms with Crippen LogP contribution < -0.4 is 0 Å². The molecule has 0 spiro atoms. The molecular formula is C5Cl8F4O. The largest absolute Gasteiger partial charge is 0.384 e. The number of halogens is 12. The number of alkyl halides is 12. The molecule has 0 aliphatic heterocycles. The van der Waals surface area contributed by atoms with Gasteiger partial charge in [0.15, 0.2) is 0 Å². The molecule has 0 rings (SSSR count). The van der Waals surface area contributed by atoms with Gasteiger partial charge in [0.25, 0.3) is 7.59 Å². The maximum absolute atomic E-state index is 13.8. The maximum Gasteiger partial charge on any atom is 0.384 e. The SMILES string of the molecule is FC(F)(Cl)C(F)(OC(F)(Cl)C(Cl)(Cl)Cl)C(Cl)(Cl)Cl. The van der Waals surface area contributed by atoms with Gasteiger partial charge in [0.05, 0.1) is 0 Å². The van der Waals surface area contributed by atoms with Crippen LogP contribution in [0.15, 0.2) is 0 Å². The van der Waals surface area contributed by atoms with Gasteiger partial charge in [-0.25, -0.2) is 0 Å². The molecular weight excluding hydrogens is 436 g/mol. The predicted molar refractivity (Wildman–Crippen MR) is 66.0 cm³/mol. The number of hydrogen-bond acceptors (Lipinski definition) is 1. The fraction of sp³-hybridized carbons (Fsp3) is 1.00. The summed E-state index contributed by atoms with van der Waals surface area (Å²) in [5.41, 5.74) is 0. The molecule has 0 aromatic carbocycles. The highest BCUT2D eigenvalue weighted by molar-refractivity contribution is 6.70. The Bertz CT molecular complexity index is 290. The topological polar surface area (TPSA) is 9.23 Å². The lowest BCUT2D eigenvalue weighted by atomic mass is 10.3. The normalized spacial score (nSPS) is 21.3. The van der Waals surface area contributed by atoms with Gasteiger partial charge in [-0.05, 0) is 23.2 Å². The lowest BCUT2D eigenvalue weighted by Crippen LogP contribution is -2.58. The first-order valence-electron chi connectivity index (χ1n) is 3.43. The standard InChI is InChI=1S/C5Cl8F4O/c6-2(7,8)1(14,4(12,15)16)18-5(13,17)3(9,10)11. The van der Waals surface area contributed by atoms with E-state index >= 15 is 0 Å². The van der Waals surface area contributed by atoms with Crippen LogP contribution in [0.5, 0.6) is 0 Å². The number of hydrogen-bond donors (Lipinski definition) is 0. The molecule has 2 unspecified atom stereocenters. The van der Waals surface area contributed by atoms with Crippen molar-refractivity contribution in [1.82, 2.24) is 0 Å². The summed E-state index contributed by atoms with van der Waals surface area (Å²) >= 11 is 38.7. The second-order valence-corrected chi connectivity index (χ2v) is 8.23. The number of rotatable bonds is 3. The van der Waals surface area contributed by atoms with E-state index in [1.807, 2.05) is 0 Å². The van der Waals surface area contributed by atoms with Gasteiger partial charge in [0.2, 0.25) is 0 Å². The maximum atomic E-state index is 13.8. The summed E-state index contributed by atoms with van der Waals surface area (Å²) in [5.74, 6) is -4.72. The molecule has 0 bridgehead atoms. The van der Waals surface area contributed by atoms with E-state index in [2.05, 4.69) is 16.3 Å². The molecule has 13 heteroatoms. The first-order chi connectivity index (χ1) is 7.46. The van der Waals surface area contributed by atoms with Crippen LogP contribution >= 0.6 is 92.8 Å². The molecule has 0 saturated heterocycles. The summed E-state index contributed by atoms with van der Waals surface area (Å²) < 4.78 is 49.8. The second kappa shape index (κ2) is 5.65. The van der Waals surface area contributed by atoms with Crippen molar-refractivity contribution >= 4 is 92.8 Å². The predicted octanol–water partition coefficient (Wildman–Crippen LogP) is 6.10. The van der Waals surface area contributed by atoms with Gasteiger partial charge in [-0.1, -0.05) is 69.6 Å². The van der Waals surface area contributed by atoms with Crippen LogP contribution in [0.4, 0.5) is 17.6 Å². The zero-order valence-electron chi connectivity index (χ0n) is 7.44. The average molecular weight is 436 g/mol. The molecule has 0 heterocycles. The third-order valence-corrected chi connectivity index (χ3v) is 3.68. The van der Waals surface area contributed by atoms with Crippen molar-refractivity contribution in [2.24, 2.45) is 0 Å². The molecule has 0 aliphatic rings. The van der Waals surface area contributed by atoms with Crippen molar-refractivity contribution in [2.75, 3.05) is 0 Å². The Morgan fingerprint density at radius 2 is 0.944 bits per heavy atom. The van der Waals surface area contributed by atoms with Crippen LogP contribution in [0.2, 0.25) is 0 Å². The quantitative estimate of drug-likeness (QED) is 0.384. The van der Waals surface area contributed by atoms with E-state index in [1.54, 1.807) is 0 Å². The fourth-order valence-electron chi connectivity index (χ4n) is 0.511. The molecule has 0 fully saturated rings. The van der Waals surface area contributed by atoms with Crippen LogP contribution in [-0.4, -0.2) is 24.1 Å². The van der Waals surface area contributed by atoms with Crippen molar-refractivity contribution in [2.45, 2.75) is 24.1 Å². The Labute approximate surface area is 138 Å². The van der Waals surface area contributed by atoms with Crippen LogP contribution in [0.1, 0.15) is 0 Å². The lowest BCUT2D eigenvalue weighted by Gasteiger charge is -2.39. The molecule has 110 valence electrons. The Hall–Kier alpha value is 2.00. The fourth-order valence-corrected chi connectivity index (χ4v) is 1.53. The molecule has 2 atom stereocenters. The van der Waals surface area contributed by atoms with Crippen molar-refractivity contribution in [1.29, 1.82) is 0 Å². The molecule has 18 heavy (non-hydrogen) atoms.